The second-order valence-corrected chi connectivity index (χ2v) is 10.6. The van der Waals surface area contributed by atoms with Crippen molar-refractivity contribution < 1.29 is 23.8 Å². The van der Waals surface area contributed by atoms with Crippen LogP contribution in [-0.2, 0) is 20.9 Å². The van der Waals surface area contributed by atoms with E-state index in [1.165, 1.54) is 6.42 Å². The zero-order chi connectivity index (χ0) is 20.6. The Morgan fingerprint density at radius 1 is 1.10 bits per heavy atom. The van der Waals surface area contributed by atoms with Crippen LogP contribution in [0.25, 0.3) is 0 Å². The fourth-order valence-corrected chi connectivity index (χ4v) is 7.37. The largest absolute Gasteiger partial charge is 0.493 e. The Labute approximate surface area is 179 Å². The van der Waals surface area contributed by atoms with Gasteiger partial charge in [-0.25, -0.2) is 0 Å². The number of ether oxygens (including phenoxy) is 3. The summed E-state index contributed by atoms with van der Waals surface area (Å²) in [4.78, 5) is 25.2. The molecule has 4 saturated carbocycles. The number of carbonyl (C=O) groups excluding carboxylic acids is 2. The number of carbonyl (C=O) groups is 2. The number of alkyl halides is 1. The van der Waals surface area contributed by atoms with Gasteiger partial charge in [-0.1, -0.05) is 22.0 Å². The number of methoxy groups -OCH3 is 2. The number of benzene rings is 1. The Hall–Kier alpha value is -1.76. The molecule has 0 radical (unpaired) electrons. The van der Waals surface area contributed by atoms with Gasteiger partial charge < -0.3 is 19.5 Å². The molecule has 0 aliphatic heterocycles. The lowest BCUT2D eigenvalue weighted by Gasteiger charge is -2.58. The van der Waals surface area contributed by atoms with Crippen LogP contribution in [0, 0.1) is 17.3 Å². The van der Waals surface area contributed by atoms with Gasteiger partial charge in [0.25, 0.3) is 5.91 Å². The van der Waals surface area contributed by atoms with Crippen LogP contribution in [0.15, 0.2) is 18.2 Å². The van der Waals surface area contributed by atoms with Crippen molar-refractivity contribution in [2.75, 3.05) is 20.8 Å². The lowest BCUT2D eigenvalue weighted by atomic mass is 9.49. The summed E-state index contributed by atoms with van der Waals surface area (Å²) in [7, 11) is 3.15. The molecule has 4 fully saturated rings. The number of amides is 1. The van der Waals surface area contributed by atoms with Crippen LogP contribution in [0.3, 0.4) is 0 Å². The number of esters is 1. The average Bonchev–Trinajstić information content (AvgIpc) is 2.68. The van der Waals surface area contributed by atoms with Gasteiger partial charge in [0.05, 0.1) is 19.6 Å². The summed E-state index contributed by atoms with van der Waals surface area (Å²) in [5, 5.41) is 2.80. The molecule has 1 aromatic rings. The molecular weight excluding hydrogens is 438 g/mol. The molecule has 5 rings (SSSR count). The van der Waals surface area contributed by atoms with Gasteiger partial charge in [0.1, 0.15) is 0 Å². The molecule has 1 amide bonds. The molecule has 0 heterocycles. The van der Waals surface area contributed by atoms with E-state index in [2.05, 4.69) is 21.2 Å². The molecule has 4 aliphatic carbocycles. The Kier molecular flexibility index (Phi) is 5.53. The Balaban J connectivity index is 1.29. The minimum absolute atomic E-state index is 0.0891. The van der Waals surface area contributed by atoms with Crippen molar-refractivity contribution >= 4 is 27.8 Å². The van der Waals surface area contributed by atoms with Crippen molar-refractivity contribution in [1.82, 2.24) is 5.32 Å². The molecule has 6 nitrogen and oxygen atoms in total. The first-order valence-electron chi connectivity index (χ1n) is 10.2. The second kappa shape index (κ2) is 7.82. The van der Waals surface area contributed by atoms with Crippen molar-refractivity contribution in [3.8, 4) is 11.5 Å². The van der Waals surface area contributed by atoms with Crippen LogP contribution in [0.2, 0.25) is 0 Å². The fraction of sp³-hybridized carbons (Fsp3) is 0.636. The first-order chi connectivity index (χ1) is 13.8. The molecule has 0 spiro atoms. The van der Waals surface area contributed by atoms with Gasteiger partial charge in [-0.05, 0) is 68.1 Å². The molecule has 29 heavy (non-hydrogen) atoms. The number of nitrogens with one attached hydrogen (secondary N) is 1. The smallest absolute Gasteiger partial charge is 0.312 e. The highest BCUT2D eigenvalue weighted by molar-refractivity contribution is 9.10. The molecule has 0 saturated heterocycles. The normalized spacial score (nSPS) is 32.0. The number of halogens is 1. The fourth-order valence-electron chi connectivity index (χ4n) is 5.92. The van der Waals surface area contributed by atoms with Gasteiger partial charge in [0.15, 0.2) is 18.1 Å². The highest BCUT2D eigenvalue weighted by atomic mass is 79.9. The number of hydrogen-bond donors (Lipinski definition) is 1. The van der Waals surface area contributed by atoms with Crippen LogP contribution in [0.4, 0.5) is 0 Å². The average molecular weight is 466 g/mol. The summed E-state index contributed by atoms with van der Waals surface area (Å²) >= 11 is 3.91. The van der Waals surface area contributed by atoms with Crippen LogP contribution in [-0.4, -0.2) is 37.0 Å². The van der Waals surface area contributed by atoms with E-state index in [4.69, 9.17) is 14.2 Å². The first-order valence-corrected chi connectivity index (χ1v) is 11.0. The molecule has 158 valence electrons. The first kappa shape index (κ1) is 20.5. The van der Waals surface area contributed by atoms with Crippen molar-refractivity contribution in [3.63, 3.8) is 0 Å². The van der Waals surface area contributed by atoms with Gasteiger partial charge in [-0.2, -0.15) is 0 Å². The standard InChI is InChI=1S/C22H28BrNO5/c1-27-17-4-3-14(6-18(17)28-2)11-24-19(25)12-29-20(26)21-7-15-5-16(8-21)10-22(23,9-15)13-21/h3-4,6,15-16H,5,7-13H2,1-2H3,(H,24,25)/t15-,16-,21?,22?/m1/s1. The van der Waals surface area contributed by atoms with Crippen LogP contribution >= 0.6 is 15.9 Å². The Bertz CT molecular complexity index is 796. The van der Waals surface area contributed by atoms with Crippen molar-refractivity contribution in [1.29, 1.82) is 0 Å². The second-order valence-electron chi connectivity index (χ2n) is 8.93. The lowest BCUT2D eigenvalue weighted by Crippen LogP contribution is -2.56. The predicted molar refractivity (Wildman–Crippen MR) is 111 cm³/mol. The third kappa shape index (κ3) is 4.11. The monoisotopic (exact) mass is 465 g/mol. The minimum atomic E-state index is -0.406. The van der Waals surface area contributed by atoms with E-state index in [1.807, 2.05) is 12.1 Å². The molecule has 4 bridgehead atoms. The van der Waals surface area contributed by atoms with Crippen molar-refractivity contribution in [2.45, 2.75) is 49.4 Å². The minimum Gasteiger partial charge on any atom is -0.493 e. The molecular formula is C22H28BrNO5. The van der Waals surface area contributed by atoms with Gasteiger partial charge in [-0.15, -0.1) is 0 Å². The molecule has 1 aromatic carbocycles. The van der Waals surface area contributed by atoms with E-state index >= 15 is 0 Å². The number of rotatable bonds is 7. The van der Waals surface area contributed by atoms with E-state index in [0.717, 1.165) is 37.7 Å². The van der Waals surface area contributed by atoms with E-state index in [0.29, 0.717) is 29.9 Å². The lowest BCUT2D eigenvalue weighted by molar-refractivity contribution is -0.171. The van der Waals surface area contributed by atoms with Gasteiger partial charge in [-0.3, -0.25) is 9.59 Å². The highest BCUT2D eigenvalue weighted by Gasteiger charge is 2.60. The highest BCUT2D eigenvalue weighted by Crippen LogP contribution is 2.64. The summed E-state index contributed by atoms with van der Waals surface area (Å²) in [6, 6.07) is 5.47. The molecule has 1 N–H and O–H groups in total. The van der Waals surface area contributed by atoms with E-state index in [-0.39, 0.29) is 22.8 Å². The maximum absolute atomic E-state index is 12.9. The van der Waals surface area contributed by atoms with Crippen LogP contribution in [0.1, 0.15) is 44.1 Å². The van der Waals surface area contributed by atoms with Gasteiger partial charge in [0.2, 0.25) is 0 Å². The summed E-state index contributed by atoms with van der Waals surface area (Å²) in [5.74, 6) is 1.94. The van der Waals surface area contributed by atoms with E-state index in [1.54, 1.807) is 20.3 Å². The Morgan fingerprint density at radius 3 is 2.41 bits per heavy atom. The third-order valence-electron chi connectivity index (χ3n) is 6.69. The maximum Gasteiger partial charge on any atom is 0.312 e. The molecule has 4 aliphatic rings. The Morgan fingerprint density at radius 2 is 1.79 bits per heavy atom. The summed E-state index contributed by atoms with van der Waals surface area (Å²) in [5.41, 5.74) is 0.474. The predicted octanol–water partition coefficient (Wildman–Crippen LogP) is 3.60. The van der Waals surface area contributed by atoms with Crippen LogP contribution in [0.5, 0.6) is 11.5 Å². The van der Waals surface area contributed by atoms with E-state index in [9.17, 15) is 9.59 Å². The molecule has 0 unspecified atom stereocenters. The molecule has 2 atom stereocenters. The molecule has 0 aromatic heterocycles. The topological polar surface area (TPSA) is 73.9 Å². The van der Waals surface area contributed by atoms with E-state index < -0.39 is 5.41 Å². The van der Waals surface area contributed by atoms with Crippen LogP contribution < -0.4 is 14.8 Å². The van der Waals surface area contributed by atoms with Gasteiger partial charge >= 0.3 is 5.97 Å². The third-order valence-corrected chi connectivity index (χ3v) is 7.62. The summed E-state index contributed by atoms with van der Waals surface area (Å²) < 4.78 is 16.1. The maximum atomic E-state index is 12.9. The summed E-state index contributed by atoms with van der Waals surface area (Å²) in [6.45, 7) is 0.0923. The summed E-state index contributed by atoms with van der Waals surface area (Å²) in [6.07, 6.45) is 6.19. The molecule has 7 heteroatoms. The number of hydrogen-bond acceptors (Lipinski definition) is 5. The zero-order valence-corrected chi connectivity index (χ0v) is 18.5. The van der Waals surface area contributed by atoms with Crippen molar-refractivity contribution in [2.24, 2.45) is 17.3 Å². The SMILES string of the molecule is COc1ccc(CNC(=O)COC(=O)C23C[C@H]4C[C@@H](CC(Br)(C4)C2)C3)cc1OC. The quantitative estimate of drug-likeness (QED) is 0.491. The zero-order valence-electron chi connectivity index (χ0n) is 17.0. The van der Waals surface area contributed by atoms with Gasteiger partial charge in [0, 0.05) is 10.9 Å². The van der Waals surface area contributed by atoms with Crippen molar-refractivity contribution in [3.05, 3.63) is 23.8 Å².